The van der Waals surface area contributed by atoms with Crippen molar-refractivity contribution in [3.8, 4) is 11.5 Å². The molecule has 1 N–H and O–H groups in total. The van der Waals surface area contributed by atoms with E-state index in [-0.39, 0.29) is 36.3 Å². The van der Waals surface area contributed by atoms with Crippen molar-refractivity contribution >= 4 is 23.1 Å². The van der Waals surface area contributed by atoms with Crippen LogP contribution in [0.2, 0.25) is 0 Å². The molecule has 34 heavy (non-hydrogen) atoms. The van der Waals surface area contributed by atoms with E-state index >= 15 is 0 Å². The number of carbonyl (C=O) groups is 2. The van der Waals surface area contributed by atoms with Crippen LogP contribution in [0.4, 0.5) is 5.69 Å². The van der Waals surface area contributed by atoms with Crippen LogP contribution in [0.25, 0.3) is 5.57 Å². The molecule has 2 aromatic carbocycles. The first-order valence-corrected chi connectivity index (χ1v) is 11.8. The van der Waals surface area contributed by atoms with Gasteiger partial charge in [0.1, 0.15) is 17.2 Å². The third-order valence-corrected chi connectivity index (χ3v) is 5.09. The van der Waals surface area contributed by atoms with E-state index in [4.69, 9.17) is 14.2 Å². The molecule has 0 spiro atoms. The van der Waals surface area contributed by atoms with Crippen molar-refractivity contribution in [3.63, 3.8) is 0 Å². The molecular weight excluding hydrogens is 432 g/mol. The standard InChI is InChI=1S/C27H34N2O5/c1-6-32-22-12-8-20(9-13-22)24-25(28-21-10-14-23(15-11-21)34-19(4)5)27(31)29(26(24)30)16-7-17-33-18(2)3/h8-15,18-19,28H,6-7,16-17H2,1-5H3. The highest BCUT2D eigenvalue weighted by Crippen LogP contribution is 2.32. The summed E-state index contributed by atoms with van der Waals surface area (Å²) in [6.45, 7) is 11.1. The second kappa shape index (κ2) is 11.7. The number of benzene rings is 2. The van der Waals surface area contributed by atoms with Crippen LogP contribution >= 0.6 is 0 Å². The molecule has 2 amide bonds. The van der Waals surface area contributed by atoms with Crippen molar-refractivity contribution in [3.05, 3.63) is 59.8 Å². The Balaban J connectivity index is 1.87. The van der Waals surface area contributed by atoms with Gasteiger partial charge < -0.3 is 19.5 Å². The number of ether oxygens (including phenoxy) is 3. The van der Waals surface area contributed by atoms with Crippen molar-refractivity contribution in [2.45, 2.75) is 53.2 Å². The van der Waals surface area contributed by atoms with Crippen molar-refractivity contribution in [2.24, 2.45) is 0 Å². The Kier molecular flexibility index (Phi) is 8.71. The van der Waals surface area contributed by atoms with Crippen LogP contribution < -0.4 is 14.8 Å². The molecule has 0 radical (unpaired) electrons. The Hall–Kier alpha value is -3.32. The van der Waals surface area contributed by atoms with E-state index in [9.17, 15) is 9.59 Å². The maximum atomic E-state index is 13.3. The maximum absolute atomic E-state index is 13.3. The zero-order chi connectivity index (χ0) is 24.7. The molecule has 0 saturated carbocycles. The third-order valence-electron chi connectivity index (χ3n) is 5.09. The van der Waals surface area contributed by atoms with Crippen molar-refractivity contribution in [1.29, 1.82) is 0 Å². The van der Waals surface area contributed by atoms with Gasteiger partial charge in [0.25, 0.3) is 11.8 Å². The lowest BCUT2D eigenvalue weighted by molar-refractivity contribution is -0.137. The smallest absolute Gasteiger partial charge is 0.278 e. The zero-order valence-electron chi connectivity index (χ0n) is 20.6. The van der Waals surface area contributed by atoms with Crippen LogP contribution in [0.5, 0.6) is 11.5 Å². The average Bonchev–Trinajstić information content (AvgIpc) is 3.02. The van der Waals surface area contributed by atoms with Gasteiger partial charge in [0.15, 0.2) is 0 Å². The van der Waals surface area contributed by atoms with Crippen LogP contribution in [0, 0.1) is 0 Å². The molecule has 1 heterocycles. The lowest BCUT2D eigenvalue weighted by Gasteiger charge is -2.16. The number of imide groups is 1. The molecule has 0 unspecified atom stereocenters. The van der Waals surface area contributed by atoms with Crippen molar-refractivity contribution in [1.82, 2.24) is 4.90 Å². The van der Waals surface area contributed by atoms with Gasteiger partial charge in [0, 0.05) is 18.8 Å². The van der Waals surface area contributed by atoms with E-state index < -0.39 is 0 Å². The van der Waals surface area contributed by atoms with Gasteiger partial charge in [-0.1, -0.05) is 12.1 Å². The Bertz CT molecular complexity index is 1010. The van der Waals surface area contributed by atoms with Gasteiger partial charge in [0.05, 0.1) is 24.4 Å². The topological polar surface area (TPSA) is 77.1 Å². The molecule has 0 bridgehead atoms. The van der Waals surface area contributed by atoms with E-state index in [1.165, 1.54) is 4.90 Å². The molecule has 3 rings (SSSR count). The molecule has 1 aliphatic rings. The minimum atomic E-state index is -0.346. The summed E-state index contributed by atoms with van der Waals surface area (Å²) in [5.74, 6) is 0.783. The summed E-state index contributed by atoms with van der Waals surface area (Å²) >= 11 is 0. The minimum absolute atomic E-state index is 0.0649. The summed E-state index contributed by atoms with van der Waals surface area (Å²) in [5.41, 5.74) is 1.96. The van der Waals surface area contributed by atoms with Crippen LogP contribution in [-0.4, -0.2) is 48.7 Å². The molecule has 0 aliphatic carbocycles. The Morgan fingerprint density at radius 1 is 0.853 bits per heavy atom. The highest BCUT2D eigenvalue weighted by atomic mass is 16.5. The number of nitrogens with zero attached hydrogens (tertiary/aromatic N) is 1. The van der Waals surface area contributed by atoms with Gasteiger partial charge in [-0.25, -0.2) is 0 Å². The van der Waals surface area contributed by atoms with Crippen LogP contribution in [0.15, 0.2) is 54.2 Å². The Morgan fingerprint density at radius 2 is 1.50 bits per heavy atom. The lowest BCUT2D eigenvalue weighted by atomic mass is 10.0. The highest BCUT2D eigenvalue weighted by molar-refractivity contribution is 6.36. The van der Waals surface area contributed by atoms with Gasteiger partial charge in [-0.05, 0) is 83.0 Å². The molecule has 0 aromatic heterocycles. The molecule has 2 aromatic rings. The number of carbonyl (C=O) groups excluding carboxylic acids is 2. The van der Waals surface area contributed by atoms with E-state index in [1.807, 2.05) is 58.9 Å². The minimum Gasteiger partial charge on any atom is -0.494 e. The molecule has 0 fully saturated rings. The first-order chi connectivity index (χ1) is 16.3. The van der Waals surface area contributed by atoms with Gasteiger partial charge in [0.2, 0.25) is 0 Å². The average molecular weight is 467 g/mol. The van der Waals surface area contributed by atoms with E-state index in [0.29, 0.717) is 42.2 Å². The summed E-state index contributed by atoms with van der Waals surface area (Å²) in [7, 11) is 0. The maximum Gasteiger partial charge on any atom is 0.278 e. The van der Waals surface area contributed by atoms with Gasteiger partial charge in [-0.15, -0.1) is 0 Å². The number of nitrogens with one attached hydrogen (secondary N) is 1. The molecular formula is C27H34N2O5. The van der Waals surface area contributed by atoms with Crippen molar-refractivity contribution < 1.29 is 23.8 Å². The van der Waals surface area contributed by atoms with E-state index in [2.05, 4.69) is 5.32 Å². The number of anilines is 1. The predicted molar refractivity (Wildman–Crippen MR) is 133 cm³/mol. The summed E-state index contributed by atoms with van der Waals surface area (Å²) < 4.78 is 16.8. The fourth-order valence-electron chi connectivity index (χ4n) is 3.62. The monoisotopic (exact) mass is 466 g/mol. The molecule has 7 nitrogen and oxygen atoms in total. The number of hydrogen-bond donors (Lipinski definition) is 1. The highest BCUT2D eigenvalue weighted by Gasteiger charge is 2.38. The molecule has 0 atom stereocenters. The van der Waals surface area contributed by atoms with E-state index in [1.54, 1.807) is 24.3 Å². The number of amides is 2. The first-order valence-electron chi connectivity index (χ1n) is 11.8. The summed E-state index contributed by atoms with van der Waals surface area (Å²) in [6, 6.07) is 14.5. The zero-order valence-corrected chi connectivity index (χ0v) is 20.6. The summed E-state index contributed by atoms with van der Waals surface area (Å²) in [5, 5.41) is 3.18. The molecule has 7 heteroatoms. The number of rotatable bonds is 12. The molecule has 0 saturated heterocycles. The Morgan fingerprint density at radius 3 is 2.09 bits per heavy atom. The second-order valence-corrected chi connectivity index (χ2v) is 8.56. The van der Waals surface area contributed by atoms with Crippen LogP contribution in [0.1, 0.15) is 46.6 Å². The molecule has 1 aliphatic heterocycles. The molecule has 182 valence electrons. The third kappa shape index (κ3) is 6.38. The van der Waals surface area contributed by atoms with Gasteiger partial charge in [-0.3, -0.25) is 14.5 Å². The summed E-state index contributed by atoms with van der Waals surface area (Å²) in [4.78, 5) is 27.9. The number of hydrogen-bond acceptors (Lipinski definition) is 6. The quantitative estimate of drug-likeness (QED) is 0.355. The first kappa shape index (κ1) is 25.3. The van der Waals surface area contributed by atoms with Crippen LogP contribution in [0.3, 0.4) is 0 Å². The fraction of sp³-hybridized carbons (Fsp3) is 0.407. The van der Waals surface area contributed by atoms with E-state index in [0.717, 1.165) is 5.75 Å². The Labute approximate surface area is 201 Å². The van der Waals surface area contributed by atoms with Gasteiger partial charge >= 0.3 is 0 Å². The van der Waals surface area contributed by atoms with Crippen LogP contribution in [-0.2, 0) is 14.3 Å². The van der Waals surface area contributed by atoms with Gasteiger partial charge in [-0.2, -0.15) is 0 Å². The normalized spacial score (nSPS) is 13.9. The predicted octanol–water partition coefficient (Wildman–Crippen LogP) is 4.88. The summed E-state index contributed by atoms with van der Waals surface area (Å²) in [6.07, 6.45) is 0.734. The lowest BCUT2D eigenvalue weighted by Crippen LogP contribution is -2.34. The largest absolute Gasteiger partial charge is 0.494 e. The second-order valence-electron chi connectivity index (χ2n) is 8.56. The van der Waals surface area contributed by atoms with Crippen molar-refractivity contribution in [2.75, 3.05) is 25.1 Å². The fourth-order valence-corrected chi connectivity index (χ4v) is 3.62. The SMILES string of the molecule is CCOc1ccc(C2=C(Nc3ccc(OC(C)C)cc3)C(=O)N(CCCOC(C)C)C2=O)cc1.